The number of esters is 3. The van der Waals surface area contributed by atoms with Gasteiger partial charge in [-0.15, -0.1) is 0 Å². The van der Waals surface area contributed by atoms with Crippen LogP contribution in [0, 0.1) is 0 Å². The van der Waals surface area contributed by atoms with E-state index in [9.17, 15) is 43.5 Å². The first-order valence-electron chi connectivity index (χ1n) is 37.4. The molecule has 0 aliphatic rings. The van der Waals surface area contributed by atoms with Crippen LogP contribution in [-0.2, 0) is 55.8 Å². The molecule has 0 aromatic carbocycles. The Bertz CT molecular complexity index is 2480. The molecule has 4 N–H and O–H groups in total. The molecule has 0 radical (unpaired) electrons. The lowest BCUT2D eigenvalue weighted by atomic mass is 10.1. The molecule has 0 aromatic rings. The van der Waals surface area contributed by atoms with E-state index in [2.05, 4.69) is 191 Å². The molecular weight excluding hydrogens is 1290 g/mol. The van der Waals surface area contributed by atoms with Crippen molar-refractivity contribution in [3.8, 4) is 0 Å². The number of allylic oxidation sites excluding steroid dienone is 28. The molecule has 0 fully saturated rings. The standard InChI is InChI=1S/C81H132O16P2/c1-4-7-10-13-16-19-22-25-28-31-34-35-36-37-38-39-42-44-46-49-52-55-58-61-64-67-79(84)91-70-76(82)71-93-98(87,88)94-72-77(83)73-95-99(89,90)96-75-78(97-81(86)69-66-63-60-57-54-51-48-45-41-33-30-27-24-21-18-15-12-9-6-3)74-92-80(85)68-65-62-59-56-53-50-47-43-40-32-29-26-23-20-17-14-11-8-5-2/h7-8,10-11,16-21,25-30,34-35,37-38,40-45,50,53,76-78,82-83H,4-6,9,12-15,22-24,31-33,36,39,46-49,51-52,54-75H2,1-3H3,(H,87,88)(H,89,90)/b10-7-,11-8-,19-16-,20-17-,21-18-,28-25-,29-26-,30-27-,35-34-,38-37-,43-40-,44-42-,45-41-,53-50-. The zero-order valence-electron chi connectivity index (χ0n) is 61.1. The highest BCUT2D eigenvalue weighted by molar-refractivity contribution is 7.47. The van der Waals surface area contributed by atoms with Crippen LogP contribution < -0.4 is 0 Å². The van der Waals surface area contributed by atoms with Crippen molar-refractivity contribution in [2.24, 2.45) is 0 Å². The molecule has 0 aromatic heterocycles. The van der Waals surface area contributed by atoms with E-state index in [4.69, 9.17) is 32.3 Å². The third-order valence-corrected chi connectivity index (χ3v) is 16.8. The van der Waals surface area contributed by atoms with Gasteiger partial charge in [0.05, 0.1) is 26.4 Å². The van der Waals surface area contributed by atoms with Crippen LogP contribution in [0.15, 0.2) is 170 Å². The predicted octanol–water partition coefficient (Wildman–Crippen LogP) is 21.6. The molecule has 0 amide bonds. The van der Waals surface area contributed by atoms with Crippen LogP contribution in [0.4, 0.5) is 0 Å². The van der Waals surface area contributed by atoms with Gasteiger partial charge in [-0.05, 0) is 154 Å². The number of hydrogen-bond acceptors (Lipinski definition) is 14. The van der Waals surface area contributed by atoms with Crippen LogP contribution in [0.5, 0.6) is 0 Å². The maximum atomic E-state index is 13.0. The average molecular weight is 1420 g/mol. The molecule has 0 aliphatic carbocycles. The quantitative estimate of drug-likeness (QED) is 0.0146. The van der Waals surface area contributed by atoms with E-state index in [0.29, 0.717) is 19.3 Å². The van der Waals surface area contributed by atoms with Crippen LogP contribution in [0.3, 0.4) is 0 Å². The van der Waals surface area contributed by atoms with Gasteiger partial charge in [-0.3, -0.25) is 32.5 Å². The molecule has 0 aliphatic heterocycles. The van der Waals surface area contributed by atoms with Crippen molar-refractivity contribution in [3.63, 3.8) is 0 Å². The number of phosphoric ester groups is 2. The molecule has 0 spiro atoms. The van der Waals surface area contributed by atoms with E-state index >= 15 is 0 Å². The number of carbonyl (C=O) groups excluding carboxylic acids is 3. The van der Waals surface area contributed by atoms with Crippen LogP contribution in [0.2, 0.25) is 0 Å². The highest BCUT2D eigenvalue weighted by Gasteiger charge is 2.29. The summed E-state index contributed by atoms with van der Waals surface area (Å²) >= 11 is 0. The number of phosphoric acid groups is 2. The number of ether oxygens (including phenoxy) is 3. The van der Waals surface area contributed by atoms with Crippen molar-refractivity contribution in [3.05, 3.63) is 170 Å². The fourth-order valence-corrected chi connectivity index (χ4v) is 10.8. The summed E-state index contributed by atoms with van der Waals surface area (Å²) in [5.74, 6) is -1.65. The van der Waals surface area contributed by atoms with Crippen LogP contribution in [0.25, 0.3) is 0 Å². The van der Waals surface area contributed by atoms with Gasteiger partial charge in [-0.25, -0.2) is 9.13 Å². The molecule has 5 unspecified atom stereocenters. The first-order chi connectivity index (χ1) is 48.2. The second-order valence-electron chi connectivity index (χ2n) is 24.3. The van der Waals surface area contributed by atoms with E-state index in [-0.39, 0.29) is 19.3 Å². The van der Waals surface area contributed by atoms with Gasteiger partial charge in [-0.2, -0.15) is 0 Å². The van der Waals surface area contributed by atoms with E-state index in [1.165, 1.54) is 19.3 Å². The molecule has 0 saturated carbocycles. The summed E-state index contributed by atoms with van der Waals surface area (Å²) in [5, 5.41) is 20.6. The van der Waals surface area contributed by atoms with Crippen molar-refractivity contribution in [2.45, 2.75) is 283 Å². The lowest BCUT2D eigenvalue weighted by Crippen LogP contribution is -2.30. The Morgan fingerprint density at radius 3 is 0.859 bits per heavy atom. The van der Waals surface area contributed by atoms with Crippen LogP contribution in [-0.4, -0.2) is 95.9 Å². The first-order valence-corrected chi connectivity index (χ1v) is 40.4. The number of unbranched alkanes of at least 4 members (excludes halogenated alkanes) is 18. The van der Waals surface area contributed by atoms with Crippen LogP contribution >= 0.6 is 15.6 Å². The predicted molar refractivity (Wildman–Crippen MR) is 408 cm³/mol. The third-order valence-electron chi connectivity index (χ3n) is 14.9. The number of rotatable bonds is 69. The van der Waals surface area contributed by atoms with Gasteiger partial charge >= 0.3 is 33.6 Å². The number of carbonyl (C=O) groups is 3. The van der Waals surface area contributed by atoms with Gasteiger partial charge in [0.2, 0.25) is 0 Å². The molecule has 16 nitrogen and oxygen atoms in total. The highest BCUT2D eigenvalue weighted by Crippen LogP contribution is 2.45. The van der Waals surface area contributed by atoms with Crippen molar-refractivity contribution in [1.29, 1.82) is 0 Å². The van der Waals surface area contributed by atoms with Gasteiger partial charge in [-0.1, -0.05) is 262 Å². The summed E-state index contributed by atoms with van der Waals surface area (Å²) in [7, 11) is -9.82. The zero-order chi connectivity index (χ0) is 72.3. The smallest absolute Gasteiger partial charge is 0.463 e. The number of aliphatic hydroxyl groups excluding tert-OH is 2. The molecule has 0 heterocycles. The Balaban J connectivity index is 4.73. The molecule has 99 heavy (non-hydrogen) atoms. The van der Waals surface area contributed by atoms with Crippen molar-refractivity contribution in [2.75, 3.05) is 39.6 Å². The topological polar surface area (TPSA) is 231 Å². The Morgan fingerprint density at radius 1 is 0.293 bits per heavy atom. The molecule has 562 valence electrons. The van der Waals surface area contributed by atoms with E-state index in [1.807, 2.05) is 0 Å². The molecule has 18 heteroatoms. The first kappa shape index (κ1) is 93.9. The fourth-order valence-electron chi connectivity index (χ4n) is 9.25. The van der Waals surface area contributed by atoms with Gasteiger partial charge in [0.25, 0.3) is 0 Å². The lowest BCUT2D eigenvalue weighted by molar-refractivity contribution is -0.161. The zero-order valence-corrected chi connectivity index (χ0v) is 62.9. The van der Waals surface area contributed by atoms with Gasteiger partial charge in [0.15, 0.2) is 6.10 Å². The summed E-state index contributed by atoms with van der Waals surface area (Å²) in [6, 6.07) is 0. The van der Waals surface area contributed by atoms with E-state index in [0.717, 1.165) is 186 Å². The van der Waals surface area contributed by atoms with E-state index in [1.54, 1.807) is 0 Å². The summed E-state index contributed by atoms with van der Waals surface area (Å²) in [6.07, 6.45) is 91.0. The second-order valence-corrected chi connectivity index (χ2v) is 27.2. The lowest BCUT2D eigenvalue weighted by Gasteiger charge is -2.21. The third kappa shape index (κ3) is 73.9. The summed E-state index contributed by atoms with van der Waals surface area (Å²) in [6.45, 7) is 2.33. The Labute approximate surface area is 599 Å². The number of hydrogen-bond donors (Lipinski definition) is 4. The number of aliphatic hydroxyl groups is 2. The minimum atomic E-state index is -4.95. The normalized spacial score (nSPS) is 15.0. The van der Waals surface area contributed by atoms with Crippen molar-refractivity contribution >= 4 is 33.6 Å². The summed E-state index contributed by atoms with van der Waals surface area (Å²) in [5.41, 5.74) is 0. The largest absolute Gasteiger partial charge is 0.472 e. The molecule has 5 atom stereocenters. The maximum Gasteiger partial charge on any atom is 0.472 e. The fraction of sp³-hybridized carbons (Fsp3) is 0.617. The minimum Gasteiger partial charge on any atom is -0.463 e. The average Bonchev–Trinajstić information content (AvgIpc) is 2.90. The summed E-state index contributed by atoms with van der Waals surface area (Å²) < 4.78 is 61.0. The van der Waals surface area contributed by atoms with Gasteiger partial charge < -0.3 is 34.2 Å². The molecule has 0 bridgehead atoms. The van der Waals surface area contributed by atoms with Crippen molar-refractivity contribution in [1.82, 2.24) is 0 Å². The maximum absolute atomic E-state index is 13.0. The molecule has 0 rings (SSSR count). The molecule has 0 saturated heterocycles. The summed E-state index contributed by atoms with van der Waals surface area (Å²) in [4.78, 5) is 58.6. The SMILES string of the molecule is CC/C=C\C/C=C\C/C=C\C/C=C\C/C=C\C/C=C\CCCCCCCCC(=O)OCC(O)COP(=O)(O)OCC(O)COP(=O)(O)OCC(COC(=O)CCCCC/C=C\C/C=C\C/C=C\C/C=C\C/C=C\CC)OC(=O)CCCCCCCC/C=C\C/C=C\C/C=C\CCCCC. The Kier molecular flexibility index (Phi) is 69.0. The van der Waals surface area contributed by atoms with Crippen molar-refractivity contribution < 1.29 is 75.8 Å². The minimum absolute atomic E-state index is 0.0757. The van der Waals surface area contributed by atoms with Crippen LogP contribution in [0.1, 0.15) is 265 Å². The molecular formula is C81H132O16P2. The monoisotopic (exact) mass is 1420 g/mol. The second kappa shape index (κ2) is 72.7. The van der Waals surface area contributed by atoms with E-state index < -0.39 is 91.5 Å². The van der Waals surface area contributed by atoms with Gasteiger partial charge in [0, 0.05) is 19.3 Å². The van der Waals surface area contributed by atoms with Gasteiger partial charge in [0.1, 0.15) is 25.4 Å². The Hall–Kier alpha value is -5.09. The highest BCUT2D eigenvalue weighted by atomic mass is 31.2. The Morgan fingerprint density at radius 2 is 0.535 bits per heavy atom.